The van der Waals surface area contributed by atoms with Crippen molar-refractivity contribution in [2.24, 2.45) is 5.11 Å². The van der Waals surface area contributed by atoms with E-state index >= 15 is 0 Å². The van der Waals surface area contributed by atoms with Crippen molar-refractivity contribution in [1.29, 1.82) is 0 Å². The van der Waals surface area contributed by atoms with Crippen molar-refractivity contribution in [3.8, 4) is 0 Å². The number of azide groups is 1. The summed E-state index contributed by atoms with van der Waals surface area (Å²) in [7, 11) is 0. The number of pyridine rings is 1. The highest BCUT2D eigenvalue weighted by atomic mass is 15.1. The number of rotatable bonds is 9. The monoisotopic (exact) mass is 244 g/mol. The lowest BCUT2D eigenvalue weighted by Gasteiger charge is -1.99. The van der Waals surface area contributed by atoms with E-state index in [1.54, 1.807) is 0 Å². The molecule has 0 bridgehead atoms. The summed E-state index contributed by atoms with van der Waals surface area (Å²) < 4.78 is 0. The van der Waals surface area contributed by atoms with Crippen LogP contribution in [0.4, 0.5) is 0 Å². The summed E-state index contributed by atoms with van der Waals surface area (Å²) in [5.74, 6) is 0. The van der Waals surface area contributed by atoms with Crippen LogP contribution in [0, 0.1) is 0 Å². The molecule has 0 radical (unpaired) electrons. The molecule has 1 aromatic heterocycles. The summed E-state index contributed by atoms with van der Waals surface area (Å²) in [5, 5.41) is 3.48. The average molecular weight is 244 g/mol. The van der Waals surface area contributed by atoms with E-state index in [2.05, 4.69) is 33.2 Å². The van der Waals surface area contributed by atoms with Crippen molar-refractivity contribution in [2.75, 3.05) is 6.54 Å². The number of hydrogen-bond acceptors (Lipinski definition) is 2. The number of aromatic nitrogens is 1. The zero-order valence-corrected chi connectivity index (χ0v) is 10.7. The molecule has 1 heterocycles. The minimum Gasteiger partial charge on any atom is -0.264 e. The van der Waals surface area contributed by atoms with Gasteiger partial charge < -0.3 is 0 Å². The van der Waals surface area contributed by atoms with Crippen molar-refractivity contribution in [3.63, 3.8) is 0 Å². The van der Waals surface area contributed by atoms with Crippen molar-refractivity contribution in [1.82, 2.24) is 4.98 Å². The molecule has 0 aliphatic heterocycles. The van der Waals surface area contributed by atoms with E-state index in [1.807, 2.05) is 18.5 Å². The number of allylic oxidation sites excluding steroid dienone is 1. The molecule has 0 N–H and O–H groups in total. The first-order valence-electron chi connectivity index (χ1n) is 6.48. The van der Waals surface area contributed by atoms with Gasteiger partial charge in [-0.25, -0.2) is 0 Å². The zero-order chi connectivity index (χ0) is 12.9. The summed E-state index contributed by atoms with van der Waals surface area (Å²) in [6.07, 6.45) is 14.8. The van der Waals surface area contributed by atoms with E-state index in [9.17, 15) is 0 Å². The molecule has 1 rings (SSSR count). The third-order valence-electron chi connectivity index (χ3n) is 2.68. The zero-order valence-electron chi connectivity index (χ0n) is 10.7. The van der Waals surface area contributed by atoms with E-state index in [0.717, 1.165) is 19.3 Å². The Morgan fingerprint density at radius 1 is 1.22 bits per heavy atom. The molecule has 96 valence electrons. The van der Waals surface area contributed by atoms with Crippen molar-refractivity contribution in [2.45, 2.75) is 38.5 Å². The van der Waals surface area contributed by atoms with Gasteiger partial charge >= 0.3 is 0 Å². The van der Waals surface area contributed by atoms with E-state index in [-0.39, 0.29) is 0 Å². The van der Waals surface area contributed by atoms with Gasteiger partial charge in [0.1, 0.15) is 0 Å². The fourth-order valence-corrected chi connectivity index (χ4v) is 1.73. The molecule has 0 saturated heterocycles. The lowest BCUT2D eigenvalue weighted by molar-refractivity contribution is 0.685. The van der Waals surface area contributed by atoms with E-state index in [0.29, 0.717) is 6.54 Å². The second-order valence-electron chi connectivity index (χ2n) is 4.18. The van der Waals surface area contributed by atoms with Crippen LogP contribution in [0.5, 0.6) is 0 Å². The maximum absolute atomic E-state index is 8.09. The Bertz CT molecular complexity index is 380. The van der Waals surface area contributed by atoms with Crippen molar-refractivity contribution < 1.29 is 0 Å². The molecule has 0 fully saturated rings. The molecule has 0 aliphatic carbocycles. The van der Waals surface area contributed by atoms with Crippen LogP contribution in [-0.2, 0) is 6.42 Å². The molecule has 0 saturated carbocycles. The van der Waals surface area contributed by atoms with Gasteiger partial charge in [-0.1, -0.05) is 29.8 Å². The largest absolute Gasteiger partial charge is 0.264 e. The van der Waals surface area contributed by atoms with E-state index in [4.69, 9.17) is 5.53 Å². The van der Waals surface area contributed by atoms with Crippen LogP contribution in [0.3, 0.4) is 0 Å². The van der Waals surface area contributed by atoms with Gasteiger partial charge in [-0.05, 0) is 49.3 Å². The summed E-state index contributed by atoms with van der Waals surface area (Å²) in [6.45, 7) is 0.563. The predicted octanol–water partition coefficient (Wildman–Crippen LogP) is 4.44. The highest BCUT2D eigenvalue weighted by Crippen LogP contribution is 2.07. The van der Waals surface area contributed by atoms with Crippen LogP contribution in [0.15, 0.2) is 41.8 Å². The van der Waals surface area contributed by atoms with Gasteiger partial charge in [0.05, 0.1) is 0 Å². The second-order valence-corrected chi connectivity index (χ2v) is 4.18. The minimum atomic E-state index is 0.563. The normalized spacial score (nSPS) is 10.4. The molecule has 1 aromatic rings. The Morgan fingerprint density at radius 2 is 2.11 bits per heavy atom. The molecule has 0 atom stereocenters. The number of aryl methyl sites for hydroxylation is 1. The molecule has 0 spiro atoms. The fourth-order valence-electron chi connectivity index (χ4n) is 1.73. The molecule has 4 heteroatoms. The highest BCUT2D eigenvalue weighted by Gasteiger charge is 1.92. The SMILES string of the molecule is [N-]=[N+]=NCC/C=C/CCCCCc1cccnc1. The van der Waals surface area contributed by atoms with E-state index in [1.165, 1.54) is 24.8 Å². The highest BCUT2D eigenvalue weighted by molar-refractivity contribution is 5.08. The van der Waals surface area contributed by atoms with Crippen LogP contribution >= 0.6 is 0 Å². The van der Waals surface area contributed by atoms with Crippen molar-refractivity contribution in [3.05, 3.63) is 52.7 Å². The van der Waals surface area contributed by atoms with Gasteiger partial charge in [-0.2, -0.15) is 0 Å². The maximum atomic E-state index is 8.09. The molecule has 0 aliphatic rings. The van der Waals surface area contributed by atoms with Gasteiger partial charge in [0.25, 0.3) is 0 Å². The number of unbranched alkanes of at least 4 members (excludes halogenated alkanes) is 3. The lowest BCUT2D eigenvalue weighted by atomic mass is 10.1. The van der Waals surface area contributed by atoms with Gasteiger partial charge in [0, 0.05) is 23.9 Å². The Balaban J connectivity index is 1.94. The molecular formula is C14H20N4. The molecule has 18 heavy (non-hydrogen) atoms. The molecule has 0 unspecified atom stereocenters. The number of nitrogens with zero attached hydrogens (tertiary/aromatic N) is 4. The molecule has 4 nitrogen and oxygen atoms in total. The first-order valence-corrected chi connectivity index (χ1v) is 6.48. The first kappa shape index (κ1) is 14.3. The van der Waals surface area contributed by atoms with Crippen LogP contribution in [0.25, 0.3) is 10.4 Å². The molecule has 0 aromatic carbocycles. The van der Waals surface area contributed by atoms with E-state index < -0.39 is 0 Å². The topological polar surface area (TPSA) is 61.7 Å². The van der Waals surface area contributed by atoms with Crippen LogP contribution in [-0.4, -0.2) is 11.5 Å². The summed E-state index contributed by atoms with van der Waals surface area (Å²) in [4.78, 5) is 6.81. The average Bonchev–Trinajstić information content (AvgIpc) is 2.42. The number of hydrogen-bond donors (Lipinski definition) is 0. The van der Waals surface area contributed by atoms with Gasteiger partial charge in [0.2, 0.25) is 0 Å². The maximum Gasteiger partial charge on any atom is 0.0299 e. The summed E-state index contributed by atoms with van der Waals surface area (Å²) in [6, 6.07) is 4.12. The van der Waals surface area contributed by atoms with Gasteiger partial charge in [-0.15, -0.1) is 0 Å². The third kappa shape index (κ3) is 7.47. The third-order valence-corrected chi connectivity index (χ3v) is 2.68. The fraction of sp³-hybridized carbons (Fsp3) is 0.500. The summed E-state index contributed by atoms with van der Waals surface area (Å²) >= 11 is 0. The second kappa shape index (κ2) is 10.4. The Kier molecular flexibility index (Phi) is 8.21. The van der Waals surface area contributed by atoms with Crippen LogP contribution < -0.4 is 0 Å². The minimum absolute atomic E-state index is 0.563. The summed E-state index contributed by atoms with van der Waals surface area (Å²) in [5.41, 5.74) is 9.41. The first-order chi connectivity index (χ1) is 8.93. The molecular weight excluding hydrogens is 224 g/mol. The predicted molar refractivity (Wildman–Crippen MR) is 74.2 cm³/mol. The van der Waals surface area contributed by atoms with Gasteiger partial charge in [-0.3, -0.25) is 4.98 Å². The Hall–Kier alpha value is -1.80. The van der Waals surface area contributed by atoms with Crippen molar-refractivity contribution >= 4 is 0 Å². The smallest absolute Gasteiger partial charge is 0.0299 e. The van der Waals surface area contributed by atoms with Crippen LogP contribution in [0.1, 0.15) is 37.7 Å². The van der Waals surface area contributed by atoms with Gasteiger partial charge in [0.15, 0.2) is 0 Å². The lowest BCUT2D eigenvalue weighted by Crippen LogP contribution is -1.86. The quantitative estimate of drug-likeness (QED) is 0.208. The molecule has 0 amide bonds. The standard InChI is InChI=1S/C14H20N4/c15-18-17-12-7-5-3-1-2-4-6-9-14-10-8-11-16-13-14/h3,5,8,10-11,13H,1-2,4,6-7,9,12H2/b5-3+. The van der Waals surface area contributed by atoms with Crippen LogP contribution in [0.2, 0.25) is 0 Å². The Morgan fingerprint density at radius 3 is 2.89 bits per heavy atom. The Labute approximate surface area is 108 Å².